The van der Waals surface area contributed by atoms with Gasteiger partial charge < -0.3 is 9.88 Å². The number of aryl methyl sites for hydroxylation is 1. The highest BCUT2D eigenvalue weighted by Gasteiger charge is 2.09. The first-order chi connectivity index (χ1) is 9.74. The summed E-state index contributed by atoms with van der Waals surface area (Å²) < 4.78 is 2.29. The number of hydrogen-bond donors (Lipinski definition) is 1. The fraction of sp³-hybridized carbons (Fsp3) is 0.444. The average molecular weight is 270 g/mol. The van der Waals surface area contributed by atoms with Crippen molar-refractivity contribution in [2.75, 3.05) is 6.54 Å². The highest BCUT2D eigenvalue weighted by molar-refractivity contribution is 5.26. The van der Waals surface area contributed by atoms with Gasteiger partial charge in [-0.15, -0.1) is 0 Å². The average Bonchev–Trinajstić information content (AvgIpc) is 2.91. The van der Waals surface area contributed by atoms with Crippen molar-refractivity contribution in [3.05, 3.63) is 59.4 Å². The van der Waals surface area contributed by atoms with Gasteiger partial charge in [-0.3, -0.25) is 0 Å². The highest BCUT2D eigenvalue weighted by Crippen LogP contribution is 2.18. The summed E-state index contributed by atoms with van der Waals surface area (Å²) in [4.78, 5) is 0. The molecule has 1 aromatic heterocycles. The second-order valence-electron chi connectivity index (χ2n) is 5.46. The van der Waals surface area contributed by atoms with Gasteiger partial charge in [0.2, 0.25) is 0 Å². The molecule has 0 bridgehead atoms. The van der Waals surface area contributed by atoms with Gasteiger partial charge in [-0.1, -0.05) is 38.1 Å². The Kier molecular flexibility index (Phi) is 5.42. The summed E-state index contributed by atoms with van der Waals surface area (Å²) in [5.41, 5.74) is 4.15. The minimum atomic E-state index is 0.480. The van der Waals surface area contributed by atoms with Crippen LogP contribution in [0, 0.1) is 6.92 Å². The third kappa shape index (κ3) is 3.73. The molecule has 0 saturated heterocycles. The van der Waals surface area contributed by atoms with Gasteiger partial charge >= 0.3 is 0 Å². The van der Waals surface area contributed by atoms with E-state index in [1.54, 1.807) is 0 Å². The third-order valence-corrected chi connectivity index (χ3v) is 3.84. The molecule has 1 aromatic carbocycles. The minimum absolute atomic E-state index is 0.480. The van der Waals surface area contributed by atoms with E-state index in [9.17, 15) is 0 Å². The number of hydrogen-bond acceptors (Lipinski definition) is 1. The van der Waals surface area contributed by atoms with E-state index < -0.39 is 0 Å². The second kappa shape index (κ2) is 7.30. The van der Waals surface area contributed by atoms with Crippen molar-refractivity contribution in [1.82, 2.24) is 9.88 Å². The summed E-state index contributed by atoms with van der Waals surface area (Å²) in [7, 11) is 0. The molecule has 0 fully saturated rings. The summed E-state index contributed by atoms with van der Waals surface area (Å²) >= 11 is 0. The minimum Gasteiger partial charge on any atom is -0.350 e. The van der Waals surface area contributed by atoms with Crippen molar-refractivity contribution < 1.29 is 0 Å². The van der Waals surface area contributed by atoms with E-state index in [0.717, 1.165) is 19.5 Å². The Hall–Kier alpha value is -1.54. The monoisotopic (exact) mass is 270 g/mol. The Morgan fingerprint density at radius 3 is 2.65 bits per heavy atom. The molecule has 0 aliphatic rings. The van der Waals surface area contributed by atoms with Gasteiger partial charge in [0.25, 0.3) is 0 Å². The number of benzene rings is 1. The molecule has 20 heavy (non-hydrogen) atoms. The lowest BCUT2D eigenvalue weighted by Crippen LogP contribution is -2.21. The molecule has 1 unspecified atom stereocenters. The molecular formula is C18H26N2. The Balaban J connectivity index is 2.06. The summed E-state index contributed by atoms with van der Waals surface area (Å²) in [6, 6.07) is 11.3. The van der Waals surface area contributed by atoms with Crippen LogP contribution in [0.25, 0.3) is 0 Å². The molecule has 0 spiro atoms. The van der Waals surface area contributed by atoms with Crippen LogP contribution in [-0.2, 0) is 6.54 Å². The van der Waals surface area contributed by atoms with Gasteiger partial charge in [0, 0.05) is 25.0 Å². The maximum absolute atomic E-state index is 3.61. The number of aromatic nitrogens is 1. The molecule has 0 amide bonds. The van der Waals surface area contributed by atoms with Crippen molar-refractivity contribution in [3.8, 4) is 0 Å². The van der Waals surface area contributed by atoms with Crippen LogP contribution in [0.2, 0.25) is 0 Å². The lowest BCUT2D eigenvalue weighted by Gasteiger charge is -2.15. The molecular weight excluding hydrogens is 244 g/mol. The Morgan fingerprint density at radius 1 is 1.15 bits per heavy atom. The van der Waals surface area contributed by atoms with E-state index in [1.165, 1.54) is 23.1 Å². The standard InChI is InChI=1S/C18H26N2/c1-4-11-19-18(5-2)17-10-12-20(14-17)13-16-9-7-6-8-15(16)3/h6-10,12,14,18-19H,4-5,11,13H2,1-3H3. The van der Waals surface area contributed by atoms with Crippen LogP contribution in [-0.4, -0.2) is 11.1 Å². The molecule has 2 aromatic rings. The van der Waals surface area contributed by atoms with Crippen LogP contribution in [0.1, 0.15) is 49.4 Å². The third-order valence-electron chi connectivity index (χ3n) is 3.84. The molecule has 2 nitrogen and oxygen atoms in total. The molecule has 0 aliphatic carbocycles. The van der Waals surface area contributed by atoms with Gasteiger partial charge in [-0.25, -0.2) is 0 Å². The van der Waals surface area contributed by atoms with E-state index in [4.69, 9.17) is 0 Å². The van der Waals surface area contributed by atoms with Crippen LogP contribution in [0.4, 0.5) is 0 Å². The van der Waals surface area contributed by atoms with E-state index in [-0.39, 0.29) is 0 Å². The molecule has 1 atom stereocenters. The Bertz CT molecular complexity index is 528. The van der Waals surface area contributed by atoms with Crippen LogP contribution >= 0.6 is 0 Å². The molecule has 0 aliphatic heterocycles. The van der Waals surface area contributed by atoms with E-state index in [2.05, 4.69) is 73.4 Å². The van der Waals surface area contributed by atoms with Crippen LogP contribution in [0.15, 0.2) is 42.7 Å². The zero-order valence-corrected chi connectivity index (χ0v) is 12.9. The van der Waals surface area contributed by atoms with Crippen molar-refractivity contribution in [2.45, 2.75) is 46.2 Å². The lowest BCUT2D eigenvalue weighted by atomic mass is 10.1. The number of rotatable bonds is 7. The first-order valence-electron chi connectivity index (χ1n) is 7.68. The maximum atomic E-state index is 3.61. The van der Waals surface area contributed by atoms with Gasteiger partial charge in [0.05, 0.1) is 0 Å². The first kappa shape index (κ1) is 14.9. The largest absolute Gasteiger partial charge is 0.350 e. The van der Waals surface area contributed by atoms with Crippen molar-refractivity contribution in [2.24, 2.45) is 0 Å². The second-order valence-corrected chi connectivity index (χ2v) is 5.46. The number of nitrogens with one attached hydrogen (secondary N) is 1. The predicted octanol–water partition coefficient (Wildman–Crippen LogP) is 4.30. The first-order valence-corrected chi connectivity index (χ1v) is 7.68. The quantitative estimate of drug-likeness (QED) is 0.794. The molecule has 2 heteroatoms. The van der Waals surface area contributed by atoms with Crippen LogP contribution < -0.4 is 5.32 Å². The van der Waals surface area contributed by atoms with Crippen molar-refractivity contribution >= 4 is 0 Å². The topological polar surface area (TPSA) is 17.0 Å². The zero-order chi connectivity index (χ0) is 14.4. The summed E-state index contributed by atoms with van der Waals surface area (Å²) in [6.07, 6.45) is 6.79. The Labute approximate surface area is 122 Å². The molecule has 1 N–H and O–H groups in total. The van der Waals surface area contributed by atoms with Crippen LogP contribution in [0.3, 0.4) is 0 Å². The van der Waals surface area contributed by atoms with Gasteiger partial charge in [-0.2, -0.15) is 0 Å². The lowest BCUT2D eigenvalue weighted by molar-refractivity contribution is 0.517. The zero-order valence-electron chi connectivity index (χ0n) is 12.9. The van der Waals surface area contributed by atoms with Gasteiger partial charge in [0.1, 0.15) is 0 Å². The van der Waals surface area contributed by atoms with Crippen molar-refractivity contribution in [3.63, 3.8) is 0 Å². The fourth-order valence-corrected chi connectivity index (χ4v) is 2.56. The van der Waals surface area contributed by atoms with E-state index in [1.807, 2.05) is 0 Å². The fourth-order valence-electron chi connectivity index (χ4n) is 2.56. The Morgan fingerprint density at radius 2 is 1.95 bits per heavy atom. The summed E-state index contributed by atoms with van der Waals surface area (Å²) in [5.74, 6) is 0. The van der Waals surface area contributed by atoms with Gasteiger partial charge in [-0.05, 0) is 49.1 Å². The molecule has 0 saturated carbocycles. The van der Waals surface area contributed by atoms with E-state index >= 15 is 0 Å². The molecule has 1 heterocycles. The van der Waals surface area contributed by atoms with E-state index in [0.29, 0.717) is 6.04 Å². The molecule has 0 radical (unpaired) electrons. The summed E-state index contributed by atoms with van der Waals surface area (Å²) in [6.45, 7) is 8.67. The van der Waals surface area contributed by atoms with Gasteiger partial charge in [0.15, 0.2) is 0 Å². The predicted molar refractivity (Wildman–Crippen MR) is 86.0 cm³/mol. The normalized spacial score (nSPS) is 12.6. The maximum Gasteiger partial charge on any atom is 0.0472 e. The van der Waals surface area contributed by atoms with Crippen LogP contribution in [0.5, 0.6) is 0 Å². The SMILES string of the molecule is CCCNC(CC)c1ccn(Cc2ccccc2C)c1. The van der Waals surface area contributed by atoms with Crippen molar-refractivity contribution in [1.29, 1.82) is 0 Å². The molecule has 108 valence electrons. The highest BCUT2D eigenvalue weighted by atomic mass is 15.0. The summed E-state index contributed by atoms with van der Waals surface area (Å²) in [5, 5.41) is 3.61. The molecule has 2 rings (SSSR count). The number of nitrogens with zero attached hydrogens (tertiary/aromatic N) is 1. The smallest absolute Gasteiger partial charge is 0.0472 e.